The van der Waals surface area contributed by atoms with Crippen LogP contribution < -0.4 is 10.0 Å². The highest BCUT2D eigenvalue weighted by atomic mass is 32.2. The summed E-state index contributed by atoms with van der Waals surface area (Å²) in [5, 5.41) is 10.7. The number of ether oxygens (including phenoxy) is 1. The van der Waals surface area contributed by atoms with Crippen molar-refractivity contribution in [1.29, 1.82) is 0 Å². The van der Waals surface area contributed by atoms with E-state index >= 15 is 0 Å². The number of nitrogens with zero attached hydrogens (tertiary/aromatic N) is 3. The van der Waals surface area contributed by atoms with Crippen molar-refractivity contribution in [2.75, 3.05) is 30.7 Å². The molecule has 0 unspecified atom stereocenters. The Kier molecular flexibility index (Phi) is 5.88. The minimum atomic E-state index is -3.62. The van der Waals surface area contributed by atoms with E-state index in [1.165, 1.54) is 20.2 Å². The molecule has 2 N–H and O–H groups in total. The lowest BCUT2D eigenvalue weighted by molar-refractivity contribution is 0.0526. The number of rotatable bonds is 7. The van der Waals surface area contributed by atoms with Gasteiger partial charge in [0.05, 0.1) is 12.2 Å². The van der Waals surface area contributed by atoms with Gasteiger partial charge in [0.1, 0.15) is 0 Å². The van der Waals surface area contributed by atoms with E-state index in [1.54, 1.807) is 37.3 Å². The molecule has 2 aromatic rings. The lowest BCUT2D eigenvalue weighted by atomic mass is 10.2. The van der Waals surface area contributed by atoms with Crippen molar-refractivity contribution < 1.29 is 17.9 Å². The number of benzene rings is 1. The van der Waals surface area contributed by atoms with Crippen LogP contribution in [0.3, 0.4) is 0 Å². The molecule has 0 aliphatic rings. The summed E-state index contributed by atoms with van der Waals surface area (Å²) >= 11 is 0. The van der Waals surface area contributed by atoms with Crippen LogP contribution in [0, 0.1) is 0 Å². The molecule has 0 aliphatic carbocycles. The maximum Gasteiger partial charge on any atom is 0.338 e. The number of nitrogens with one attached hydrogen (secondary N) is 2. The third-order valence-corrected chi connectivity index (χ3v) is 4.48. The molecule has 2 rings (SSSR count). The zero-order chi connectivity index (χ0) is 18.4. The van der Waals surface area contributed by atoms with E-state index in [9.17, 15) is 13.2 Å². The van der Waals surface area contributed by atoms with Gasteiger partial charge in [-0.05, 0) is 43.3 Å². The number of anilines is 3. The van der Waals surface area contributed by atoms with Crippen molar-refractivity contribution >= 4 is 33.5 Å². The van der Waals surface area contributed by atoms with E-state index in [-0.39, 0.29) is 11.8 Å². The number of aromatic nitrogens is 2. The van der Waals surface area contributed by atoms with Gasteiger partial charge in [-0.25, -0.2) is 4.79 Å². The van der Waals surface area contributed by atoms with E-state index < -0.39 is 10.2 Å². The number of esters is 1. The van der Waals surface area contributed by atoms with Crippen molar-refractivity contribution in [2.45, 2.75) is 6.92 Å². The molecule has 9 nitrogen and oxygen atoms in total. The highest BCUT2D eigenvalue weighted by molar-refractivity contribution is 7.90. The van der Waals surface area contributed by atoms with E-state index in [4.69, 9.17) is 4.74 Å². The third kappa shape index (κ3) is 5.13. The molecule has 1 aromatic heterocycles. The molecule has 0 saturated carbocycles. The summed E-state index contributed by atoms with van der Waals surface area (Å²) < 4.78 is 31.6. The lowest BCUT2D eigenvalue weighted by Gasteiger charge is -2.12. The van der Waals surface area contributed by atoms with Gasteiger partial charge in [-0.2, -0.15) is 12.7 Å². The summed E-state index contributed by atoms with van der Waals surface area (Å²) in [6.07, 6.45) is 0. The molecule has 1 heterocycles. The summed E-state index contributed by atoms with van der Waals surface area (Å²) in [7, 11) is -0.807. The molecule has 0 saturated heterocycles. The van der Waals surface area contributed by atoms with E-state index in [0.717, 1.165) is 4.31 Å². The van der Waals surface area contributed by atoms with Crippen molar-refractivity contribution in [3.63, 3.8) is 0 Å². The molecule has 1 aromatic carbocycles. The highest BCUT2D eigenvalue weighted by Gasteiger charge is 2.14. The Hall–Kier alpha value is -2.72. The molecule has 0 aliphatic heterocycles. The van der Waals surface area contributed by atoms with Crippen LogP contribution in [0.15, 0.2) is 36.4 Å². The average molecular weight is 365 g/mol. The van der Waals surface area contributed by atoms with Gasteiger partial charge in [-0.15, -0.1) is 10.2 Å². The molecule has 0 amide bonds. The molecular weight excluding hydrogens is 346 g/mol. The summed E-state index contributed by atoms with van der Waals surface area (Å²) in [5.74, 6) is 0.153. The minimum Gasteiger partial charge on any atom is -0.462 e. The zero-order valence-electron chi connectivity index (χ0n) is 14.1. The molecular formula is C15H19N5O4S. The van der Waals surface area contributed by atoms with Crippen LogP contribution in [0.2, 0.25) is 0 Å². The normalized spacial score (nSPS) is 11.2. The standard InChI is InChI=1S/C15H19N5O4S/c1-4-24-15(21)11-5-7-12(8-6-11)16-13-9-10-14(18-17-13)19-25(22,23)20(2)3/h5-10H,4H2,1-3H3,(H,16,17)(H,18,19). The quantitative estimate of drug-likeness (QED) is 0.717. The number of carbonyl (C=O) groups excluding carboxylic acids is 1. The van der Waals surface area contributed by atoms with Crippen molar-refractivity contribution in [3.05, 3.63) is 42.0 Å². The second-order valence-corrected chi connectivity index (χ2v) is 7.00. The second-order valence-electron chi connectivity index (χ2n) is 5.12. The van der Waals surface area contributed by atoms with Crippen LogP contribution in [0.5, 0.6) is 0 Å². The highest BCUT2D eigenvalue weighted by Crippen LogP contribution is 2.16. The van der Waals surface area contributed by atoms with Gasteiger partial charge < -0.3 is 10.1 Å². The Bertz CT molecular complexity index is 820. The van der Waals surface area contributed by atoms with Crippen LogP contribution in [0.4, 0.5) is 17.3 Å². The Morgan fingerprint density at radius 3 is 2.20 bits per heavy atom. The van der Waals surface area contributed by atoms with Gasteiger partial charge >= 0.3 is 16.2 Å². The second kappa shape index (κ2) is 7.90. The first kappa shape index (κ1) is 18.6. The van der Waals surface area contributed by atoms with Gasteiger partial charge in [-0.3, -0.25) is 4.72 Å². The van der Waals surface area contributed by atoms with Crippen LogP contribution in [0.25, 0.3) is 0 Å². The Morgan fingerprint density at radius 2 is 1.68 bits per heavy atom. The largest absolute Gasteiger partial charge is 0.462 e. The molecule has 10 heteroatoms. The predicted molar refractivity (Wildman–Crippen MR) is 93.9 cm³/mol. The molecule has 0 bridgehead atoms. The first-order chi connectivity index (χ1) is 11.8. The molecule has 0 fully saturated rings. The zero-order valence-corrected chi connectivity index (χ0v) is 14.9. The third-order valence-electron chi connectivity index (χ3n) is 3.05. The monoisotopic (exact) mass is 365 g/mol. The summed E-state index contributed by atoms with van der Waals surface area (Å²) in [6.45, 7) is 2.06. The van der Waals surface area contributed by atoms with Gasteiger partial charge in [0.15, 0.2) is 11.6 Å². The van der Waals surface area contributed by atoms with Crippen molar-refractivity contribution in [1.82, 2.24) is 14.5 Å². The maximum absolute atomic E-state index is 11.7. The summed E-state index contributed by atoms with van der Waals surface area (Å²) in [5.41, 5.74) is 1.15. The first-order valence-corrected chi connectivity index (χ1v) is 8.84. The van der Waals surface area contributed by atoms with Gasteiger partial charge in [-0.1, -0.05) is 0 Å². The first-order valence-electron chi connectivity index (χ1n) is 7.40. The molecule has 25 heavy (non-hydrogen) atoms. The smallest absolute Gasteiger partial charge is 0.338 e. The van der Waals surface area contributed by atoms with Crippen molar-refractivity contribution in [2.24, 2.45) is 0 Å². The van der Waals surface area contributed by atoms with E-state index in [2.05, 4.69) is 20.2 Å². The summed E-state index contributed by atoms with van der Waals surface area (Å²) in [4.78, 5) is 11.6. The number of hydrogen-bond donors (Lipinski definition) is 2. The Labute approximate surface area is 146 Å². The van der Waals surface area contributed by atoms with Gasteiger partial charge in [0.2, 0.25) is 0 Å². The number of carbonyl (C=O) groups is 1. The average Bonchev–Trinajstić information content (AvgIpc) is 2.57. The van der Waals surface area contributed by atoms with Gasteiger partial charge in [0.25, 0.3) is 0 Å². The molecule has 0 radical (unpaired) electrons. The fourth-order valence-corrected chi connectivity index (χ4v) is 2.28. The molecule has 0 spiro atoms. The van der Waals surface area contributed by atoms with Crippen molar-refractivity contribution in [3.8, 4) is 0 Å². The maximum atomic E-state index is 11.7. The molecule has 134 valence electrons. The van der Waals surface area contributed by atoms with Gasteiger partial charge in [0, 0.05) is 19.8 Å². The fourth-order valence-electron chi connectivity index (χ4n) is 1.73. The Balaban J connectivity index is 2.03. The van der Waals surface area contributed by atoms with Crippen LogP contribution in [0.1, 0.15) is 17.3 Å². The van der Waals surface area contributed by atoms with Crippen LogP contribution in [-0.4, -0.2) is 49.6 Å². The van der Waals surface area contributed by atoms with E-state index in [1.807, 2.05) is 0 Å². The molecule has 0 atom stereocenters. The fraction of sp³-hybridized carbons (Fsp3) is 0.267. The SMILES string of the molecule is CCOC(=O)c1ccc(Nc2ccc(NS(=O)(=O)N(C)C)nn2)cc1. The van der Waals surface area contributed by atoms with Crippen LogP contribution >= 0.6 is 0 Å². The predicted octanol–water partition coefficient (Wildman–Crippen LogP) is 1.62. The minimum absolute atomic E-state index is 0.108. The summed E-state index contributed by atoms with van der Waals surface area (Å²) in [6, 6.07) is 9.75. The topological polar surface area (TPSA) is 114 Å². The Morgan fingerprint density at radius 1 is 1.08 bits per heavy atom. The number of hydrogen-bond acceptors (Lipinski definition) is 7. The van der Waals surface area contributed by atoms with E-state index in [0.29, 0.717) is 23.7 Å². The lowest BCUT2D eigenvalue weighted by Crippen LogP contribution is -2.29. The van der Waals surface area contributed by atoms with Crippen LogP contribution in [-0.2, 0) is 14.9 Å².